The third-order valence-corrected chi connectivity index (χ3v) is 6.97. The van der Waals surface area contributed by atoms with Gasteiger partial charge in [0, 0.05) is 12.1 Å². The topological polar surface area (TPSA) is 88.5 Å². The third kappa shape index (κ3) is 7.31. The molecule has 0 radical (unpaired) electrons. The number of carbonyl (C=O) groups is 2. The van der Waals surface area contributed by atoms with Gasteiger partial charge >= 0.3 is 0 Å². The van der Waals surface area contributed by atoms with E-state index in [2.05, 4.69) is 0 Å². The Morgan fingerprint density at radius 3 is 2.31 bits per heavy atom. The van der Waals surface area contributed by atoms with Crippen LogP contribution in [0.5, 0.6) is 17.2 Å². The van der Waals surface area contributed by atoms with E-state index in [0.717, 1.165) is 18.5 Å². The molecule has 3 aromatic rings. The fourth-order valence-electron chi connectivity index (χ4n) is 4.92. The highest BCUT2D eigenvalue weighted by molar-refractivity contribution is 6.46. The monoisotopic (exact) mass is 572 g/mol. The predicted octanol–water partition coefficient (Wildman–Crippen LogP) is 5.83. The van der Waals surface area contributed by atoms with E-state index in [1.165, 1.54) is 0 Å². The zero-order valence-corrected chi connectivity index (χ0v) is 24.8. The normalized spacial score (nSPS) is 16.2. The van der Waals surface area contributed by atoms with Crippen molar-refractivity contribution in [1.29, 1.82) is 0 Å². The van der Waals surface area contributed by atoms with Crippen LogP contribution in [0.4, 0.5) is 0 Å². The van der Waals surface area contributed by atoms with Crippen LogP contribution in [0.3, 0.4) is 0 Å². The van der Waals surface area contributed by atoms with Gasteiger partial charge in [-0.3, -0.25) is 9.59 Å². The van der Waals surface area contributed by atoms with E-state index in [1.807, 2.05) is 69.2 Å². The van der Waals surface area contributed by atoms with Crippen LogP contribution >= 0.6 is 0 Å². The molecule has 1 amide bonds. The van der Waals surface area contributed by atoms with Crippen molar-refractivity contribution >= 4 is 17.4 Å². The molecule has 42 heavy (non-hydrogen) atoms. The number of ether oxygens (including phenoxy) is 3. The number of hydrogen-bond donors (Lipinski definition) is 1. The standard InChI is InChI=1S/C34H40N2O6/c1-5-21-41-27-16-13-25(14-17-27)32(37)30-31(36(34(39)33(30)38)20-10-19-35(3)4)26-15-18-28(29(22-26)40-6-2)42-23-24-11-8-7-9-12-24/h7-9,11-18,22,31,37H,5-6,10,19-21,23H2,1-4H3. The smallest absolute Gasteiger partial charge is 0.295 e. The Hall–Kier alpha value is -4.30. The average Bonchev–Trinajstić information content (AvgIpc) is 3.25. The number of nitrogens with zero attached hydrogens (tertiary/aromatic N) is 2. The minimum absolute atomic E-state index is 0.0486. The lowest BCUT2D eigenvalue weighted by atomic mass is 9.95. The molecule has 1 heterocycles. The first-order valence-corrected chi connectivity index (χ1v) is 14.4. The second-order valence-electron chi connectivity index (χ2n) is 10.4. The highest BCUT2D eigenvalue weighted by Crippen LogP contribution is 2.42. The van der Waals surface area contributed by atoms with Gasteiger partial charge in [-0.05, 0) is 87.9 Å². The third-order valence-electron chi connectivity index (χ3n) is 6.97. The fraction of sp³-hybridized carbons (Fsp3) is 0.353. The zero-order valence-electron chi connectivity index (χ0n) is 24.8. The van der Waals surface area contributed by atoms with E-state index < -0.39 is 17.7 Å². The Kier molecular flexibility index (Phi) is 10.6. The van der Waals surface area contributed by atoms with Crippen molar-refractivity contribution < 1.29 is 28.9 Å². The number of carbonyl (C=O) groups excluding carboxylic acids is 2. The summed E-state index contributed by atoms with van der Waals surface area (Å²) in [5.74, 6) is 0.153. The largest absolute Gasteiger partial charge is 0.507 e. The molecule has 8 heteroatoms. The molecule has 0 aliphatic carbocycles. The number of ketones is 1. The number of Topliss-reactive ketones (excluding diaryl/α,β-unsaturated/α-hetero) is 1. The number of likely N-dealkylation sites (tertiary alicyclic amines) is 1. The van der Waals surface area contributed by atoms with Gasteiger partial charge in [0.05, 0.1) is 24.8 Å². The molecule has 0 saturated carbocycles. The molecule has 1 atom stereocenters. The molecule has 8 nitrogen and oxygen atoms in total. The van der Waals surface area contributed by atoms with E-state index in [9.17, 15) is 14.7 Å². The van der Waals surface area contributed by atoms with Crippen molar-refractivity contribution in [2.75, 3.05) is 40.4 Å². The second kappa shape index (κ2) is 14.5. The number of hydrogen-bond acceptors (Lipinski definition) is 7. The quantitative estimate of drug-likeness (QED) is 0.148. The number of aliphatic hydroxyl groups excluding tert-OH is 1. The van der Waals surface area contributed by atoms with Crippen LogP contribution in [0.2, 0.25) is 0 Å². The summed E-state index contributed by atoms with van der Waals surface area (Å²) in [5.41, 5.74) is 2.15. The maximum atomic E-state index is 13.5. The summed E-state index contributed by atoms with van der Waals surface area (Å²) in [4.78, 5) is 30.4. The van der Waals surface area contributed by atoms with Crippen molar-refractivity contribution in [2.45, 2.75) is 39.3 Å². The average molecular weight is 573 g/mol. The van der Waals surface area contributed by atoms with E-state index in [4.69, 9.17) is 14.2 Å². The maximum Gasteiger partial charge on any atom is 0.295 e. The summed E-state index contributed by atoms with van der Waals surface area (Å²) in [6.07, 6.45) is 1.54. The minimum atomic E-state index is -0.787. The van der Waals surface area contributed by atoms with E-state index in [0.29, 0.717) is 61.2 Å². The molecule has 0 aromatic heterocycles. The van der Waals surface area contributed by atoms with Gasteiger partial charge in [0.25, 0.3) is 11.7 Å². The number of aliphatic hydroxyl groups is 1. The van der Waals surface area contributed by atoms with Crippen LogP contribution in [0.25, 0.3) is 5.76 Å². The van der Waals surface area contributed by atoms with Gasteiger partial charge < -0.3 is 29.1 Å². The van der Waals surface area contributed by atoms with Crippen LogP contribution < -0.4 is 14.2 Å². The van der Waals surface area contributed by atoms with E-state index in [-0.39, 0.29) is 11.3 Å². The molecule has 4 rings (SSSR count). The molecule has 1 saturated heterocycles. The van der Waals surface area contributed by atoms with Gasteiger partial charge in [-0.1, -0.05) is 43.3 Å². The molecule has 1 unspecified atom stereocenters. The Balaban J connectivity index is 1.73. The van der Waals surface area contributed by atoms with Crippen molar-refractivity contribution in [3.8, 4) is 17.2 Å². The van der Waals surface area contributed by atoms with Gasteiger partial charge in [-0.2, -0.15) is 0 Å². The Bertz CT molecular complexity index is 1380. The molecular formula is C34H40N2O6. The summed E-state index contributed by atoms with van der Waals surface area (Å²) in [5, 5.41) is 11.5. The first kappa shape index (κ1) is 30.7. The molecule has 1 N–H and O–H groups in total. The van der Waals surface area contributed by atoms with Crippen molar-refractivity contribution in [1.82, 2.24) is 9.80 Å². The van der Waals surface area contributed by atoms with Gasteiger partial charge in [0.15, 0.2) is 11.5 Å². The minimum Gasteiger partial charge on any atom is -0.507 e. The molecule has 1 aliphatic rings. The van der Waals surface area contributed by atoms with Gasteiger partial charge in [-0.15, -0.1) is 0 Å². The summed E-state index contributed by atoms with van der Waals surface area (Å²) >= 11 is 0. The van der Waals surface area contributed by atoms with Crippen LogP contribution in [0.15, 0.2) is 78.4 Å². The van der Waals surface area contributed by atoms with Gasteiger partial charge in [-0.25, -0.2) is 0 Å². The fourth-order valence-corrected chi connectivity index (χ4v) is 4.92. The first-order chi connectivity index (χ1) is 20.3. The highest BCUT2D eigenvalue weighted by atomic mass is 16.5. The summed E-state index contributed by atoms with van der Waals surface area (Å²) in [6.45, 7) is 6.35. The molecule has 0 spiro atoms. The lowest BCUT2D eigenvalue weighted by Crippen LogP contribution is -2.32. The summed E-state index contributed by atoms with van der Waals surface area (Å²) < 4.78 is 17.7. The molecule has 1 fully saturated rings. The first-order valence-electron chi connectivity index (χ1n) is 14.4. The number of amides is 1. The molecule has 1 aliphatic heterocycles. The Morgan fingerprint density at radius 2 is 1.64 bits per heavy atom. The van der Waals surface area contributed by atoms with Crippen LogP contribution in [0, 0.1) is 0 Å². The van der Waals surface area contributed by atoms with Crippen molar-refractivity contribution in [3.63, 3.8) is 0 Å². The van der Waals surface area contributed by atoms with Crippen LogP contribution in [-0.2, 0) is 16.2 Å². The molecular weight excluding hydrogens is 532 g/mol. The second-order valence-corrected chi connectivity index (χ2v) is 10.4. The van der Waals surface area contributed by atoms with Gasteiger partial charge in [0.2, 0.25) is 0 Å². The summed E-state index contributed by atoms with van der Waals surface area (Å²) in [6, 6.07) is 21.4. The van der Waals surface area contributed by atoms with Crippen LogP contribution in [0.1, 0.15) is 49.4 Å². The SMILES string of the molecule is CCCOc1ccc(C(O)=C2C(=O)C(=O)N(CCCN(C)C)C2c2ccc(OCc3ccccc3)c(OCC)c2)cc1. The Labute approximate surface area is 248 Å². The molecule has 0 bridgehead atoms. The Morgan fingerprint density at radius 1 is 0.905 bits per heavy atom. The highest BCUT2D eigenvalue weighted by Gasteiger charge is 2.46. The van der Waals surface area contributed by atoms with Gasteiger partial charge in [0.1, 0.15) is 18.1 Å². The maximum absolute atomic E-state index is 13.5. The zero-order chi connectivity index (χ0) is 30.1. The lowest BCUT2D eigenvalue weighted by molar-refractivity contribution is -0.139. The summed E-state index contributed by atoms with van der Waals surface area (Å²) in [7, 11) is 3.92. The number of benzene rings is 3. The predicted molar refractivity (Wildman–Crippen MR) is 163 cm³/mol. The molecule has 3 aromatic carbocycles. The van der Waals surface area contributed by atoms with Crippen LogP contribution in [-0.4, -0.2) is 67.0 Å². The van der Waals surface area contributed by atoms with E-state index >= 15 is 0 Å². The van der Waals surface area contributed by atoms with Crippen molar-refractivity contribution in [3.05, 3.63) is 95.1 Å². The van der Waals surface area contributed by atoms with Crippen molar-refractivity contribution in [2.24, 2.45) is 0 Å². The van der Waals surface area contributed by atoms with E-state index in [1.54, 1.807) is 41.3 Å². The molecule has 222 valence electrons. The lowest BCUT2D eigenvalue weighted by Gasteiger charge is -2.26. The number of rotatable bonds is 14.